The Balaban J connectivity index is 2.45. The van der Waals surface area contributed by atoms with E-state index in [1.54, 1.807) is 0 Å². The second-order valence-corrected chi connectivity index (χ2v) is 4.16. The molecule has 0 spiro atoms. The van der Waals surface area contributed by atoms with Gasteiger partial charge in [-0.15, -0.1) is 6.58 Å². The summed E-state index contributed by atoms with van der Waals surface area (Å²) in [5.74, 6) is 0.247. The first kappa shape index (κ1) is 12.2. The summed E-state index contributed by atoms with van der Waals surface area (Å²) in [4.78, 5) is 11.2. The highest BCUT2D eigenvalue weighted by Crippen LogP contribution is 2.28. The van der Waals surface area contributed by atoms with Crippen LogP contribution in [0.5, 0.6) is 0 Å². The number of rotatable bonds is 4. The zero-order chi connectivity index (χ0) is 11.3. The van der Waals surface area contributed by atoms with Gasteiger partial charge in [0.05, 0.1) is 25.7 Å². The lowest BCUT2D eigenvalue weighted by Gasteiger charge is -2.34. The lowest BCUT2D eigenvalue weighted by Crippen LogP contribution is -2.35. The third-order valence-corrected chi connectivity index (χ3v) is 2.97. The number of hydrogen-bond acceptors (Lipinski definition) is 3. The van der Waals surface area contributed by atoms with Crippen molar-refractivity contribution in [2.45, 2.75) is 44.8 Å². The minimum absolute atomic E-state index is 0.0103. The van der Waals surface area contributed by atoms with Crippen LogP contribution in [0.3, 0.4) is 0 Å². The van der Waals surface area contributed by atoms with Gasteiger partial charge in [0.1, 0.15) is 0 Å². The quantitative estimate of drug-likeness (QED) is 0.530. The molecule has 1 saturated heterocycles. The van der Waals surface area contributed by atoms with E-state index in [2.05, 4.69) is 18.2 Å². The number of hydrogen-bond donors (Lipinski definition) is 0. The third kappa shape index (κ3) is 3.67. The topological polar surface area (TPSA) is 35.5 Å². The Morgan fingerprint density at radius 1 is 1.60 bits per heavy atom. The van der Waals surface area contributed by atoms with E-state index < -0.39 is 0 Å². The fourth-order valence-electron chi connectivity index (χ4n) is 1.94. The van der Waals surface area contributed by atoms with Gasteiger partial charge in [-0.1, -0.05) is 13.0 Å². The van der Waals surface area contributed by atoms with Gasteiger partial charge >= 0.3 is 5.97 Å². The van der Waals surface area contributed by atoms with Crippen molar-refractivity contribution >= 4 is 5.97 Å². The maximum atomic E-state index is 11.2. The van der Waals surface area contributed by atoms with Crippen LogP contribution in [0.2, 0.25) is 0 Å². The van der Waals surface area contributed by atoms with E-state index in [9.17, 15) is 4.79 Å². The average Bonchev–Trinajstić information content (AvgIpc) is 2.23. The van der Waals surface area contributed by atoms with Gasteiger partial charge in [0.2, 0.25) is 0 Å². The number of carbonyl (C=O) groups excluding carboxylic acids is 1. The smallest absolute Gasteiger partial charge is 0.308 e. The Morgan fingerprint density at radius 3 is 2.93 bits per heavy atom. The van der Waals surface area contributed by atoms with Gasteiger partial charge < -0.3 is 9.47 Å². The molecule has 3 nitrogen and oxygen atoms in total. The maximum Gasteiger partial charge on any atom is 0.308 e. The zero-order valence-corrected chi connectivity index (χ0v) is 9.57. The molecule has 0 saturated carbocycles. The molecular weight excluding hydrogens is 192 g/mol. The number of esters is 1. The lowest BCUT2D eigenvalue weighted by atomic mass is 9.90. The molecule has 0 amide bonds. The van der Waals surface area contributed by atoms with Gasteiger partial charge in [0.25, 0.3) is 0 Å². The Hall–Kier alpha value is -0.830. The maximum absolute atomic E-state index is 11.2. The average molecular weight is 212 g/mol. The lowest BCUT2D eigenvalue weighted by molar-refractivity contribution is -0.149. The van der Waals surface area contributed by atoms with E-state index >= 15 is 0 Å². The van der Waals surface area contributed by atoms with E-state index in [0.29, 0.717) is 12.3 Å². The first-order valence-electron chi connectivity index (χ1n) is 5.50. The van der Waals surface area contributed by atoms with E-state index in [1.807, 2.05) is 6.08 Å². The normalized spacial score (nSPS) is 30.9. The van der Waals surface area contributed by atoms with Gasteiger partial charge in [-0.3, -0.25) is 4.79 Å². The van der Waals surface area contributed by atoms with Crippen molar-refractivity contribution in [3.8, 4) is 0 Å². The number of ether oxygens (including phenoxy) is 2. The van der Waals surface area contributed by atoms with E-state index in [1.165, 1.54) is 7.11 Å². The SMILES string of the molecule is C=CCC1CC[C@@H](C)C(CC(=O)OC)O1. The molecule has 3 heteroatoms. The molecule has 1 aliphatic heterocycles. The minimum atomic E-state index is -0.189. The minimum Gasteiger partial charge on any atom is -0.469 e. The molecule has 1 heterocycles. The molecule has 1 rings (SSSR count). The molecule has 0 aromatic heterocycles. The van der Waals surface area contributed by atoms with E-state index in [-0.39, 0.29) is 18.2 Å². The molecule has 0 aliphatic carbocycles. The predicted molar refractivity (Wildman–Crippen MR) is 58.5 cm³/mol. The Morgan fingerprint density at radius 2 is 2.33 bits per heavy atom. The van der Waals surface area contributed by atoms with Crippen molar-refractivity contribution in [2.75, 3.05) is 7.11 Å². The molecule has 1 aliphatic rings. The second kappa shape index (κ2) is 5.91. The molecule has 3 atom stereocenters. The van der Waals surface area contributed by atoms with Crippen molar-refractivity contribution in [2.24, 2.45) is 5.92 Å². The van der Waals surface area contributed by atoms with Crippen LogP contribution in [0.15, 0.2) is 12.7 Å². The van der Waals surface area contributed by atoms with Crippen LogP contribution in [0.1, 0.15) is 32.6 Å². The summed E-state index contributed by atoms with van der Waals surface area (Å²) >= 11 is 0. The first-order valence-corrected chi connectivity index (χ1v) is 5.50. The van der Waals surface area contributed by atoms with Crippen LogP contribution < -0.4 is 0 Å². The highest BCUT2D eigenvalue weighted by atomic mass is 16.5. The number of methoxy groups -OCH3 is 1. The molecule has 15 heavy (non-hydrogen) atoms. The zero-order valence-electron chi connectivity index (χ0n) is 9.57. The fraction of sp³-hybridized carbons (Fsp3) is 0.750. The summed E-state index contributed by atoms with van der Waals surface area (Å²) in [6.45, 7) is 5.83. The highest BCUT2D eigenvalue weighted by molar-refractivity contribution is 5.69. The van der Waals surface area contributed by atoms with Crippen molar-refractivity contribution in [3.05, 3.63) is 12.7 Å². The van der Waals surface area contributed by atoms with Crippen molar-refractivity contribution < 1.29 is 14.3 Å². The third-order valence-electron chi connectivity index (χ3n) is 2.97. The molecule has 0 bridgehead atoms. The van der Waals surface area contributed by atoms with Gasteiger partial charge in [-0.05, 0) is 25.2 Å². The predicted octanol–water partition coefficient (Wildman–Crippen LogP) is 2.31. The van der Waals surface area contributed by atoms with Gasteiger partial charge in [-0.25, -0.2) is 0 Å². The summed E-state index contributed by atoms with van der Waals surface area (Å²) in [6.07, 6.45) is 5.51. The van der Waals surface area contributed by atoms with Crippen LogP contribution in [-0.4, -0.2) is 25.3 Å². The summed E-state index contributed by atoms with van der Waals surface area (Å²) in [7, 11) is 1.41. The molecule has 0 aromatic rings. The summed E-state index contributed by atoms with van der Waals surface area (Å²) < 4.78 is 10.5. The Bertz CT molecular complexity index is 225. The Labute approximate surface area is 91.4 Å². The number of carbonyl (C=O) groups is 1. The van der Waals surface area contributed by atoms with E-state index in [4.69, 9.17) is 4.74 Å². The molecule has 86 valence electrons. The van der Waals surface area contributed by atoms with Crippen LogP contribution in [0.25, 0.3) is 0 Å². The van der Waals surface area contributed by atoms with Gasteiger partial charge in [0, 0.05) is 0 Å². The van der Waals surface area contributed by atoms with Gasteiger partial charge in [0.15, 0.2) is 0 Å². The molecule has 2 unspecified atom stereocenters. The van der Waals surface area contributed by atoms with Crippen LogP contribution in [-0.2, 0) is 14.3 Å². The monoisotopic (exact) mass is 212 g/mol. The fourth-order valence-corrected chi connectivity index (χ4v) is 1.94. The van der Waals surface area contributed by atoms with Crippen LogP contribution in [0.4, 0.5) is 0 Å². The van der Waals surface area contributed by atoms with Crippen LogP contribution in [0, 0.1) is 5.92 Å². The molecule has 0 N–H and O–H groups in total. The van der Waals surface area contributed by atoms with Crippen LogP contribution >= 0.6 is 0 Å². The summed E-state index contributed by atoms with van der Waals surface area (Å²) in [5, 5.41) is 0. The largest absolute Gasteiger partial charge is 0.469 e. The van der Waals surface area contributed by atoms with Gasteiger partial charge in [-0.2, -0.15) is 0 Å². The molecular formula is C12H20O3. The standard InChI is InChI=1S/C12H20O3/c1-4-5-10-7-6-9(2)11(15-10)8-12(13)14-3/h4,9-11H,1,5-8H2,2-3H3/t9-,10?,11?/m1/s1. The Kier molecular flexibility index (Phi) is 4.82. The van der Waals surface area contributed by atoms with Crippen molar-refractivity contribution in [1.82, 2.24) is 0 Å². The highest BCUT2D eigenvalue weighted by Gasteiger charge is 2.29. The molecule has 1 fully saturated rings. The van der Waals surface area contributed by atoms with E-state index in [0.717, 1.165) is 19.3 Å². The molecule has 0 aromatic carbocycles. The van der Waals surface area contributed by atoms with Crippen molar-refractivity contribution in [1.29, 1.82) is 0 Å². The summed E-state index contributed by atoms with van der Waals surface area (Å²) in [6, 6.07) is 0. The summed E-state index contributed by atoms with van der Waals surface area (Å²) in [5.41, 5.74) is 0. The first-order chi connectivity index (χ1) is 7.17. The second-order valence-electron chi connectivity index (χ2n) is 4.16. The van der Waals surface area contributed by atoms with Crippen molar-refractivity contribution in [3.63, 3.8) is 0 Å². The molecule has 0 radical (unpaired) electrons.